The quantitative estimate of drug-likeness (QED) is 0.738. The molecule has 0 unspecified atom stereocenters. The lowest BCUT2D eigenvalue weighted by atomic mass is 10.0. The predicted molar refractivity (Wildman–Crippen MR) is 97.0 cm³/mol. The molecule has 0 atom stereocenters. The topological polar surface area (TPSA) is 68.3 Å². The number of benzene rings is 2. The van der Waals surface area contributed by atoms with Crippen LogP contribution in [0.2, 0.25) is 0 Å². The lowest BCUT2D eigenvalue weighted by Crippen LogP contribution is -2.14. The largest absolute Gasteiger partial charge is 0.465 e. The van der Waals surface area contributed by atoms with Gasteiger partial charge in [0.1, 0.15) is 0 Å². The summed E-state index contributed by atoms with van der Waals surface area (Å²) in [6, 6.07) is 14.2. The molecular formula is C20H18N2O3. The molecule has 0 saturated heterocycles. The van der Waals surface area contributed by atoms with Crippen molar-refractivity contribution in [1.29, 1.82) is 0 Å². The first kappa shape index (κ1) is 16.6. The van der Waals surface area contributed by atoms with Crippen LogP contribution in [0, 0.1) is 13.8 Å². The van der Waals surface area contributed by atoms with Gasteiger partial charge in [0.25, 0.3) is 5.91 Å². The molecule has 1 aromatic heterocycles. The highest BCUT2D eigenvalue weighted by molar-refractivity contribution is 6.12. The fraction of sp³-hybridized carbons (Fsp3) is 0.150. The molecule has 0 aliphatic carbocycles. The number of aromatic nitrogens is 1. The molecule has 5 heteroatoms. The number of hydrogen-bond acceptors (Lipinski definition) is 4. The molecule has 126 valence electrons. The Morgan fingerprint density at radius 3 is 2.60 bits per heavy atom. The standard InChI is InChI=1S/C20H18N2O3/c1-12-7-8-18-16(9-12)17(10-13(2)21-18)19(23)22-15-6-4-5-14(11-15)20(24)25-3/h4-11H,1-3H3,(H,22,23). The Bertz CT molecular complexity index is 980. The van der Waals surface area contributed by atoms with Gasteiger partial charge in [-0.25, -0.2) is 4.79 Å². The Balaban J connectivity index is 1.98. The van der Waals surface area contributed by atoms with E-state index in [9.17, 15) is 9.59 Å². The van der Waals surface area contributed by atoms with E-state index in [-0.39, 0.29) is 5.91 Å². The fourth-order valence-electron chi connectivity index (χ4n) is 2.70. The number of carbonyl (C=O) groups excluding carboxylic acids is 2. The molecule has 0 fully saturated rings. The zero-order valence-corrected chi connectivity index (χ0v) is 14.3. The van der Waals surface area contributed by atoms with Crippen LogP contribution in [0.25, 0.3) is 10.9 Å². The van der Waals surface area contributed by atoms with E-state index in [4.69, 9.17) is 4.74 Å². The zero-order valence-electron chi connectivity index (χ0n) is 14.3. The molecule has 1 heterocycles. The van der Waals surface area contributed by atoms with Gasteiger partial charge in [-0.15, -0.1) is 0 Å². The van der Waals surface area contributed by atoms with Gasteiger partial charge in [-0.3, -0.25) is 9.78 Å². The molecule has 0 aliphatic rings. The second-order valence-electron chi connectivity index (χ2n) is 5.86. The van der Waals surface area contributed by atoms with Crippen molar-refractivity contribution in [3.63, 3.8) is 0 Å². The van der Waals surface area contributed by atoms with Gasteiger partial charge in [0.2, 0.25) is 0 Å². The smallest absolute Gasteiger partial charge is 0.337 e. The number of rotatable bonds is 3. The lowest BCUT2D eigenvalue weighted by molar-refractivity contribution is 0.0600. The van der Waals surface area contributed by atoms with Crippen LogP contribution in [-0.2, 0) is 4.74 Å². The summed E-state index contributed by atoms with van der Waals surface area (Å²) in [5.41, 5.74) is 4.06. The van der Waals surface area contributed by atoms with E-state index >= 15 is 0 Å². The van der Waals surface area contributed by atoms with E-state index < -0.39 is 5.97 Å². The van der Waals surface area contributed by atoms with E-state index in [1.165, 1.54) is 7.11 Å². The van der Waals surface area contributed by atoms with Gasteiger partial charge in [0.15, 0.2) is 0 Å². The van der Waals surface area contributed by atoms with Crippen molar-refractivity contribution in [2.45, 2.75) is 13.8 Å². The number of pyridine rings is 1. The van der Waals surface area contributed by atoms with E-state index in [0.29, 0.717) is 16.8 Å². The first-order valence-corrected chi connectivity index (χ1v) is 7.85. The summed E-state index contributed by atoms with van der Waals surface area (Å²) in [4.78, 5) is 28.9. The van der Waals surface area contributed by atoms with Crippen molar-refractivity contribution in [2.24, 2.45) is 0 Å². The van der Waals surface area contributed by atoms with Crippen LogP contribution < -0.4 is 5.32 Å². The summed E-state index contributed by atoms with van der Waals surface area (Å²) >= 11 is 0. The monoisotopic (exact) mass is 334 g/mol. The number of nitrogens with zero attached hydrogens (tertiary/aromatic N) is 1. The van der Waals surface area contributed by atoms with Crippen molar-refractivity contribution in [2.75, 3.05) is 12.4 Å². The van der Waals surface area contributed by atoms with E-state index in [1.54, 1.807) is 30.3 Å². The molecule has 25 heavy (non-hydrogen) atoms. The summed E-state index contributed by atoms with van der Waals surface area (Å²) < 4.78 is 4.71. The van der Waals surface area contributed by atoms with Gasteiger partial charge in [-0.05, 0) is 50.2 Å². The third-order valence-corrected chi connectivity index (χ3v) is 3.88. The minimum absolute atomic E-state index is 0.247. The van der Waals surface area contributed by atoms with Crippen LogP contribution in [-0.4, -0.2) is 24.0 Å². The van der Waals surface area contributed by atoms with Crippen molar-refractivity contribution in [1.82, 2.24) is 4.98 Å². The number of esters is 1. The SMILES string of the molecule is COC(=O)c1cccc(NC(=O)c2cc(C)nc3ccc(C)cc23)c1. The van der Waals surface area contributed by atoms with Gasteiger partial charge < -0.3 is 10.1 Å². The van der Waals surface area contributed by atoms with Crippen molar-refractivity contribution in [3.8, 4) is 0 Å². The van der Waals surface area contributed by atoms with Crippen LogP contribution in [0.5, 0.6) is 0 Å². The molecule has 0 saturated carbocycles. The minimum Gasteiger partial charge on any atom is -0.465 e. The van der Waals surface area contributed by atoms with Crippen molar-refractivity contribution < 1.29 is 14.3 Å². The van der Waals surface area contributed by atoms with Crippen LogP contribution in [0.4, 0.5) is 5.69 Å². The van der Waals surface area contributed by atoms with Crippen LogP contribution >= 0.6 is 0 Å². The van der Waals surface area contributed by atoms with E-state index in [1.807, 2.05) is 32.0 Å². The Hall–Kier alpha value is -3.21. The molecule has 3 aromatic rings. The summed E-state index contributed by atoms with van der Waals surface area (Å²) in [5.74, 6) is -0.694. The van der Waals surface area contributed by atoms with Gasteiger partial charge >= 0.3 is 5.97 Å². The van der Waals surface area contributed by atoms with E-state index in [0.717, 1.165) is 22.2 Å². The molecule has 1 N–H and O–H groups in total. The average molecular weight is 334 g/mol. The highest BCUT2D eigenvalue weighted by atomic mass is 16.5. The Morgan fingerprint density at radius 2 is 1.84 bits per heavy atom. The number of amides is 1. The Kier molecular flexibility index (Phi) is 4.48. The van der Waals surface area contributed by atoms with Crippen LogP contribution in [0.1, 0.15) is 32.0 Å². The number of nitrogens with one attached hydrogen (secondary N) is 1. The Morgan fingerprint density at radius 1 is 1.04 bits per heavy atom. The number of aryl methyl sites for hydroxylation is 2. The van der Waals surface area contributed by atoms with E-state index in [2.05, 4.69) is 10.3 Å². The number of hydrogen-bond donors (Lipinski definition) is 1. The minimum atomic E-state index is -0.447. The summed E-state index contributed by atoms with van der Waals surface area (Å²) in [6.45, 7) is 3.83. The molecule has 0 aliphatic heterocycles. The lowest BCUT2D eigenvalue weighted by Gasteiger charge is -2.10. The average Bonchev–Trinajstić information content (AvgIpc) is 2.60. The maximum absolute atomic E-state index is 12.8. The first-order valence-electron chi connectivity index (χ1n) is 7.85. The first-order chi connectivity index (χ1) is 12.0. The van der Waals surface area contributed by atoms with Crippen molar-refractivity contribution in [3.05, 3.63) is 70.9 Å². The Labute approximate surface area is 145 Å². The summed E-state index contributed by atoms with van der Waals surface area (Å²) in [6.07, 6.45) is 0. The third kappa shape index (κ3) is 3.50. The van der Waals surface area contributed by atoms with Gasteiger partial charge in [-0.1, -0.05) is 17.7 Å². The molecule has 0 radical (unpaired) electrons. The number of carbonyl (C=O) groups is 2. The summed E-state index contributed by atoms with van der Waals surface area (Å²) in [7, 11) is 1.32. The van der Waals surface area contributed by atoms with Gasteiger partial charge in [-0.2, -0.15) is 0 Å². The van der Waals surface area contributed by atoms with Crippen molar-refractivity contribution >= 4 is 28.5 Å². The number of methoxy groups -OCH3 is 1. The third-order valence-electron chi connectivity index (χ3n) is 3.88. The second-order valence-corrected chi connectivity index (χ2v) is 5.86. The molecule has 1 amide bonds. The molecular weight excluding hydrogens is 316 g/mol. The van der Waals surface area contributed by atoms with Gasteiger partial charge in [0, 0.05) is 16.8 Å². The highest BCUT2D eigenvalue weighted by Crippen LogP contribution is 2.21. The molecule has 5 nitrogen and oxygen atoms in total. The number of fused-ring (bicyclic) bond motifs is 1. The molecule has 2 aromatic carbocycles. The maximum atomic E-state index is 12.8. The summed E-state index contributed by atoms with van der Waals surface area (Å²) in [5, 5.41) is 3.64. The zero-order chi connectivity index (χ0) is 18.0. The predicted octanol–water partition coefficient (Wildman–Crippen LogP) is 3.89. The van der Waals surface area contributed by atoms with Crippen LogP contribution in [0.3, 0.4) is 0 Å². The fourth-order valence-corrected chi connectivity index (χ4v) is 2.70. The van der Waals surface area contributed by atoms with Crippen LogP contribution in [0.15, 0.2) is 48.5 Å². The molecule has 0 spiro atoms. The maximum Gasteiger partial charge on any atom is 0.337 e. The molecule has 3 rings (SSSR count). The normalized spacial score (nSPS) is 10.5. The number of ether oxygens (including phenoxy) is 1. The highest BCUT2D eigenvalue weighted by Gasteiger charge is 2.14. The second kappa shape index (κ2) is 6.73. The number of anilines is 1. The van der Waals surface area contributed by atoms with Gasteiger partial charge in [0.05, 0.1) is 23.8 Å². The molecule has 0 bridgehead atoms.